The van der Waals surface area contributed by atoms with E-state index in [4.69, 9.17) is 20.4 Å². The summed E-state index contributed by atoms with van der Waals surface area (Å²) in [7, 11) is 4.13. The second-order valence-corrected chi connectivity index (χ2v) is 8.35. The summed E-state index contributed by atoms with van der Waals surface area (Å²) >= 11 is 0. The Hall–Kier alpha value is -2.82. The van der Waals surface area contributed by atoms with E-state index in [1.54, 1.807) is 0 Å². The molecule has 0 bridgehead atoms. The Labute approximate surface area is 206 Å². The third-order valence-corrected chi connectivity index (χ3v) is 5.19. The number of unbranched alkanes of at least 4 members (excludes halogenated alkanes) is 10. The second-order valence-electron chi connectivity index (χ2n) is 8.35. The topological polar surface area (TPSA) is 96.4 Å². The van der Waals surface area contributed by atoms with Crippen molar-refractivity contribution in [3.05, 3.63) is 48.3 Å². The van der Waals surface area contributed by atoms with Gasteiger partial charge in [-0.1, -0.05) is 65.2 Å². The van der Waals surface area contributed by atoms with E-state index in [2.05, 4.69) is 83.7 Å². The Bertz CT molecular complexity index is 693. The van der Waals surface area contributed by atoms with Crippen molar-refractivity contribution in [2.24, 2.45) is 14.1 Å². The zero-order valence-electron chi connectivity index (χ0n) is 21.9. The fourth-order valence-electron chi connectivity index (χ4n) is 3.42. The van der Waals surface area contributed by atoms with Crippen LogP contribution in [0.5, 0.6) is 0 Å². The standard InChI is InChI=1S/2C12H23N2.2CNO/c2*1-3-4-5-6-7-8-9-14-11-10-13(2)12-14;2*2-1-3/h2*10-12H,3-9H2,1-2H3;;/q2*+1;2*-1. The minimum Gasteiger partial charge on any atom is -0.724 e. The molecule has 0 fully saturated rings. The van der Waals surface area contributed by atoms with Crippen LogP contribution < -0.4 is 9.13 Å². The molecule has 34 heavy (non-hydrogen) atoms. The maximum atomic E-state index is 8.24. The summed E-state index contributed by atoms with van der Waals surface area (Å²) in [6, 6.07) is 0. The van der Waals surface area contributed by atoms with Gasteiger partial charge in [0.1, 0.15) is 24.8 Å². The third kappa shape index (κ3) is 23.8. The van der Waals surface area contributed by atoms with Crippen molar-refractivity contribution in [1.29, 1.82) is 0 Å². The quantitative estimate of drug-likeness (QED) is 0.164. The van der Waals surface area contributed by atoms with Crippen molar-refractivity contribution in [2.45, 2.75) is 104 Å². The molecule has 0 unspecified atom stereocenters. The lowest BCUT2D eigenvalue weighted by Gasteiger charge is -1.98. The summed E-state index contributed by atoms with van der Waals surface area (Å²) in [6.45, 7) is 6.87. The minimum absolute atomic E-state index is 0.500. The van der Waals surface area contributed by atoms with E-state index in [0.29, 0.717) is 12.2 Å². The monoisotopic (exact) mass is 474 g/mol. The number of nitrogens with zero attached hydrogens (tertiary/aromatic N) is 6. The summed E-state index contributed by atoms with van der Waals surface area (Å²) in [5.41, 5.74) is 0. The van der Waals surface area contributed by atoms with Crippen molar-refractivity contribution < 1.29 is 18.7 Å². The summed E-state index contributed by atoms with van der Waals surface area (Å²) in [4.78, 5) is 16.5. The number of aromatic nitrogens is 4. The fourth-order valence-corrected chi connectivity index (χ4v) is 3.42. The average Bonchev–Trinajstić information content (AvgIpc) is 3.42. The van der Waals surface area contributed by atoms with Gasteiger partial charge in [0.2, 0.25) is 12.7 Å². The Balaban J connectivity index is 0. The zero-order chi connectivity index (χ0) is 25.9. The van der Waals surface area contributed by atoms with Crippen LogP contribution in [0.15, 0.2) is 37.4 Å². The first kappa shape index (κ1) is 33.4. The smallest absolute Gasteiger partial charge is 0.243 e. The van der Waals surface area contributed by atoms with E-state index in [1.165, 1.54) is 90.1 Å². The van der Waals surface area contributed by atoms with Crippen LogP contribution >= 0.6 is 0 Å². The number of rotatable bonds is 14. The SMILES string of the molecule is CCCCCCCCn1cc[n+](C)c1.CCCCCCCCn1cc[n+](C)c1.[N-]=C=O.[N-]=C=O. The normalized spacial score (nSPS) is 9.29. The van der Waals surface area contributed by atoms with Gasteiger partial charge in [0, 0.05) is 0 Å². The number of hydrogen-bond donors (Lipinski definition) is 0. The van der Waals surface area contributed by atoms with E-state index in [9.17, 15) is 0 Å². The molecule has 2 heterocycles. The van der Waals surface area contributed by atoms with E-state index in [0.717, 1.165) is 0 Å². The van der Waals surface area contributed by atoms with E-state index >= 15 is 0 Å². The van der Waals surface area contributed by atoms with E-state index in [-0.39, 0.29) is 0 Å². The van der Waals surface area contributed by atoms with Gasteiger partial charge in [-0.3, -0.25) is 9.59 Å². The number of aryl methyl sites for hydroxylation is 4. The van der Waals surface area contributed by atoms with Gasteiger partial charge < -0.3 is 10.8 Å². The summed E-state index contributed by atoms with van der Waals surface area (Å²) in [5.74, 6) is 0. The summed E-state index contributed by atoms with van der Waals surface area (Å²) < 4.78 is 8.72. The van der Waals surface area contributed by atoms with Crippen molar-refractivity contribution in [3.63, 3.8) is 0 Å². The first-order valence-electron chi connectivity index (χ1n) is 12.5. The van der Waals surface area contributed by atoms with Crippen LogP contribution in [-0.4, -0.2) is 21.3 Å². The maximum Gasteiger partial charge on any atom is 0.243 e. The first-order chi connectivity index (χ1) is 16.5. The van der Waals surface area contributed by atoms with E-state index < -0.39 is 0 Å². The lowest BCUT2D eigenvalue weighted by atomic mass is 10.1. The zero-order valence-corrected chi connectivity index (χ0v) is 21.9. The van der Waals surface area contributed by atoms with Gasteiger partial charge in [-0.2, -0.15) is 0 Å². The van der Waals surface area contributed by atoms with Gasteiger partial charge in [0.25, 0.3) is 0 Å². The van der Waals surface area contributed by atoms with Crippen molar-refractivity contribution in [2.75, 3.05) is 0 Å². The largest absolute Gasteiger partial charge is 0.724 e. The van der Waals surface area contributed by atoms with Crippen LogP contribution in [0.4, 0.5) is 0 Å². The van der Waals surface area contributed by atoms with Gasteiger partial charge in [-0.05, 0) is 37.8 Å². The molecule has 0 radical (unpaired) electrons. The highest BCUT2D eigenvalue weighted by Gasteiger charge is 1.99. The Morgan fingerprint density at radius 2 is 0.912 bits per heavy atom. The molecule has 0 aliphatic rings. The molecule has 0 aliphatic carbocycles. The Morgan fingerprint density at radius 1 is 0.618 bits per heavy atom. The number of imidazole rings is 2. The molecule has 0 atom stereocenters. The molecule has 0 aromatic carbocycles. The molecule has 192 valence electrons. The first-order valence-corrected chi connectivity index (χ1v) is 12.5. The van der Waals surface area contributed by atoms with Crippen molar-refractivity contribution in [3.8, 4) is 0 Å². The highest BCUT2D eigenvalue weighted by Crippen LogP contribution is 2.06. The second kappa shape index (κ2) is 26.4. The van der Waals surface area contributed by atoms with Crippen LogP contribution in [0.2, 0.25) is 0 Å². The summed E-state index contributed by atoms with van der Waals surface area (Å²) in [5, 5.41) is 13.5. The van der Waals surface area contributed by atoms with Crippen LogP contribution in [0.25, 0.3) is 10.8 Å². The third-order valence-electron chi connectivity index (χ3n) is 5.19. The van der Waals surface area contributed by atoms with Gasteiger partial charge in [-0.25, -0.2) is 18.3 Å². The van der Waals surface area contributed by atoms with Gasteiger partial charge in [0.15, 0.2) is 0 Å². The number of hydrogen-bond acceptors (Lipinski definition) is 2. The molecule has 0 saturated carbocycles. The highest BCUT2D eigenvalue weighted by atomic mass is 16.1. The van der Waals surface area contributed by atoms with Gasteiger partial charge in [0.05, 0.1) is 27.2 Å². The number of carbonyl (C=O) groups excluding carboxylic acids is 2. The molecule has 0 saturated heterocycles. The molecule has 0 N–H and O–H groups in total. The minimum atomic E-state index is 0.500. The maximum absolute atomic E-state index is 8.24. The molecule has 0 amide bonds. The lowest BCUT2D eigenvalue weighted by Crippen LogP contribution is -2.23. The van der Waals surface area contributed by atoms with Crippen LogP contribution in [0.1, 0.15) is 90.9 Å². The van der Waals surface area contributed by atoms with Crippen molar-refractivity contribution >= 4 is 12.2 Å². The molecule has 2 rings (SSSR count). The highest BCUT2D eigenvalue weighted by molar-refractivity contribution is 5.37. The Morgan fingerprint density at radius 3 is 1.18 bits per heavy atom. The molecule has 8 heteroatoms. The van der Waals surface area contributed by atoms with Crippen LogP contribution in [0.3, 0.4) is 0 Å². The predicted molar refractivity (Wildman–Crippen MR) is 136 cm³/mol. The van der Waals surface area contributed by atoms with Gasteiger partial charge in [-0.15, -0.1) is 0 Å². The predicted octanol–water partition coefficient (Wildman–Crippen LogP) is 5.13. The van der Waals surface area contributed by atoms with Gasteiger partial charge >= 0.3 is 0 Å². The number of isocyanates is 2. The molecular weight excluding hydrogens is 428 g/mol. The fraction of sp³-hybridized carbons (Fsp3) is 0.692. The summed E-state index contributed by atoms with van der Waals surface area (Å²) in [6.07, 6.45) is 30.3. The molecule has 0 aliphatic heterocycles. The van der Waals surface area contributed by atoms with Crippen LogP contribution in [-0.2, 0) is 36.8 Å². The van der Waals surface area contributed by atoms with Crippen molar-refractivity contribution in [1.82, 2.24) is 9.13 Å². The molecule has 2 aromatic rings. The lowest BCUT2D eigenvalue weighted by molar-refractivity contribution is -0.671. The Kier molecular flexibility index (Phi) is 25.9. The van der Waals surface area contributed by atoms with E-state index in [1.807, 2.05) is 0 Å². The average molecular weight is 475 g/mol. The molecule has 0 spiro atoms. The molecule has 2 aromatic heterocycles. The molecule has 8 nitrogen and oxygen atoms in total. The van der Waals surface area contributed by atoms with Crippen LogP contribution in [0, 0.1) is 0 Å². The molecular formula is C26H46N6O2.